The molecule has 2 N–H and O–H groups in total. The summed E-state index contributed by atoms with van der Waals surface area (Å²) in [5.74, 6) is 0. The van der Waals surface area contributed by atoms with Crippen LogP contribution in [0.3, 0.4) is 0 Å². The molecule has 4 heteroatoms. The molecule has 1 saturated heterocycles. The van der Waals surface area contributed by atoms with Crippen LogP contribution in [0.25, 0.3) is 0 Å². The molecule has 98 valence electrons. The first-order chi connectivity index (χ1) is 8.67. The summed E-state index contributed by atoms with van der Waals surface area (Å²) < 4.78 is 5.95. The number of rotatable bonds is 2. The van der Waals surface area contributed by atoms with Gasteiger partial charge in [-0.2, -0.15) is 0 Å². The highest BCUT2D eigenvalue weighted by Crippen LogP contribution is 2.47. The van der Waals surface area contributed by atoms with Gasteiger partial charge >= 0.3 is 0 Å². The molecule has 2 fully saturated rings. The summed E-state index contributed by atoms with van der Waals surface area (Å²) in [5.41, 5.74) is 6.81. The number of nitrogen functional groups attached to an aromatic ring is 1. The normalized spacial score (nSPS) is 25.9. The van der Waals surface area contributed by atoms with Crippen LogP contribution in [0.5, 0.6) is 0 Å². The monoisotopic (exact) mass is 283 g/mol. The minimum absolute atomic E-state index is 0.197. The first-order valence-electron chi connectivity index (χ1n) is 6.53. The lowest BCUT2D eigenvalue weighted by Gasteiger charge is -2.47. The zero-order valence-corrected chi connectivity index (χ0v) is 11.9. The Balaban J connectivity index is 1.70. The Morgan fingerprint density at radius 1 is 1.39 bits per heavy atom. The fourth-order valence-corrected chi connectivity index (χ4v) is 4.39. The van der Waals surface area contributed by atoms with Crippen molar-refractivity contribution in [2.24, 2.45) is 0 Å². The highest BCUT2D eigenvalue weighted by Gasteiger charge is 2.42. The molecule has 18 heavy (non-hydrogen) atoms. The molecule has 1 aromatic carbocycles. The molecule has 1 spiro atoms. The predicted octanol–water partition coefficient (Wildman–Crippen LogP) is 4.12. The Hall–Kier alpha value is -0.380. The van der Waals surface area contributed by atoms with E-state index in [0.717, 1.165) is 35.1 Å². The molecule has 1 aromatic rings. The number of ether oxygens (including phenoxy) is 1. The molecule has 1 unspecified atom stereocenters. The van der Waals surface area contributed by atoms with Crippen LogP contribution < -0.4 is 5.73 Å². The van der Waals surface area contributed by atoms with Crippen LogP contribution in [0.4, 0.5) is 5.69 Å². The average Bonchev–Trinajstić information content (AvgIpc) is 2.32. The maximum absolute atomic E-state index is 6.23. The molecular weight excluding hydrogens is 266 g/mol. The largest absolute Gasteiger partial charge is 0.399 e. The second-order valence-electron chi connectivity index (χ2n) is 5.31. The van der Waals surface area contributed by atoms with Crippen molar-refractivity contribution in [1.29, 1.82) is 0 Å². The van der Waals surface area contributed by atoms with Crippen molar-refractivity contribution in [3.63, 3.8) is 0 Å². The van der Waals surface area contributed by atoms with E-state index in [1.54, 1.807) is 0 Å². The quantitative estimate of drug-likeness (QED) is 0.830. The van der Waals surface area contributed by atoms with Crippen molar-refractivity contribution in [3.8, 4) is 0 Å². The number of hydrogen-bond acceptors (Lipinski definition) is 3. The lowest BCUT2D eigenvalue weighted by atomic mass is 9.75. The molecule has 0 radical (unpaired) electrons. The van der Waals surface area contributed by atoms with Gasteiger partial charge in [0.2, 0.25) is 0 Å². The predicted molar refractivity (Wildman–Crippen MR) is 77.3 cm³/mol. The molecule has 1 saturated carbocycles. The Kier molecular flexibility index (Phi) is 3.48. The number of thioether (sulfide) groups is 1. The summed E-state index contributed by atoms with van der Waals surface area (Å²) >= 11 is 8.09. The Morgan fingerprint density at radius 3 is 2.94 bits per heavy atom. The minimum atomic E-state index is 0.197. The van der Waals surface area contributed by atoms with Crippen molar-refractivity contribution < 1.29 is 4.74 Å². The van der Waals surface area contributed by atoms with E-state index in [1.807, 2.05) is 30.0 Å². The van der Waals surface area contributed by atoms with Gasteiger partial charge in [0.05, 0.1) is 10.6 Å². The van der Waals surface area contributed by atoms with Gasteiger partial charge in [-0.15, -0.1) is 11.8 Å². The lowest BCUT2D eigenvalue weighted by Crippen LogP contribution is -2.46. The second kappa shape index (κ2) is 4.95. The van der Waals surface area contributed by atoms with Gasteiger partial charge in [-0.25, -0.2) is 0 Å². The van der Waals surface area contributed by atoms with Gasteiger partial charge < -0.3 is 10.5 Å². The van der Waals surface area contributed by atoms with E-state index in [1.165, 1.54) is 19.3 Å². The van der Waals surface area contributed by atoms with Crippen LogP contribution in [0, 0.1) is 0 Å². The summed E-state index contributed by atoms with van der Waals surface area (Å²) in [6, 6.07) is 5.72. The van der Waals surface area contributed by atoms with Gasteiger partial charge in [0.15, 0.2) is 0 Å². The van der Waals surface area contributed by atoms with Crippen LogP contribution in [0.2, 0.25) is 5.02 Å². The zero-order chi connectivity index (χ0) is 12.6. The highest BCUT2D eigenvalue weighted by molar-refractivity contribution is 8.00. The van der Waals surface area contributed by atoms with Crippen LogP contribution in [-0.4, -0.2) is 17.5 Å². The number of halogens is 1. The fourth-order valence-electron chi connectivity index (χ4n) is 2.79. The molecule has 1 aliphatic heterocycles. The smallest absolute Gasteiger partial charge is 0.0693 e. The first kappa shape index (κ1) is 12.6. The lowest BCUT2D eigenvalue weighted by molar-refractivity contribution is -0.125. The summed E-state index contributed by atoms with van der Waals surface area (Å²) in [6.07, 6.45) is 6.04. The van der Waals surface area contributed by atoms with Crippen LogP contribution in [-0.2, 0) is 4.74 Å². The number of nitrogens with two attached hydrogens (primary N) is 1. The molecule has 1 atom stereocenters. The Bertz CT molecular complexity index is 447. The molecule has 0 aromatic heterocycles. The third-order valence-electron chi connectivity index (χ3n) is 3.96. The fraction of sp³-hybridized carbons (Fsp3) is 0.571. The van der Waals surface area contributed by atoms with Gasteiger partial charge in [0.1, 0.15) is 0 Å². The van der Waals surface area contributed by atoms with E-state index in [4.69, 9.17) is 22.1 Å². The summed E-state index contributed by atoms with van der Waals surface area (Å²) in [6.45, 7) is 0.887. The van der Waals surface area contributed by atoms with E-state index < -0.39 is 0 Å². The second-order valence-corrected chi connectivity index (χ2v) is 7.06. The number of hydrogen-bond donors (Lipinski definition) is 1. The molecule has 2 nitrogen and oxygen atoms in total. The zero-order valence-electron chi connectivity index (χ0n) is 10.3. The highest BCUT2D eigenvalue weighted by atomic mass is 35.5. The molecular formula is C14H18ClNOS. The standard InChI is InChI=1S/C14H18ClNOS/c15-12-3-2-10(16)8-13(12)18-11-4-7-17-14(9-11)5-1-6-14/h2-3,8,11H,1,4-7,9,16H2. The van der Waals surface area contributed by atoms with Crippen LogP contribution in [0.1, 0.15) is 32.1 Å². The molecule has 1 heterocycles. The Labute approximate surface area is 117 Å². The van der Waals surface area contributed by atoms with Gasteiger partial charge in [0.25, 0.3) is 0 Å². The average molecular weight is 284 g/mol. The van der Waals surface area contributed by atoms with Crippen molar-refractivity contribution in [2.75, 3.05) is 12.3 Å². The number of benzene rings is 1. The van der Waals surface area contributed by atoms with E-state index >= 15 is 0 Å². The van der Waals surface area contributed by atoms with E-state index in [0.29, 0.717) is 5.25 Å². The first-order valence-corrected chi connectivity index (χ1v) is 7.78. The van der Waals surface area contributed by atoms with Gasteiger partial charge in [-0.05, 0) is 50.3 Å². The van der Waals surface area contributed by atoms with E-state index in [-0.39, 0.29) is 5.60 Å². The Morgan fingerprint density at radius 2 is 2.22 bits per heavy atom. The van der Waals surface area contributed by atoms with Crippen molar-refractivity contribution in [3.05, 3.63) is 23.2 Å². The minimum Gasteiger partial charge on any atom is -0.399 e. The molecule has 3 rings (SSSR count). The van der Waals surface area contributed by atoms with Crippen LogP contribution >= 0.6 is 23.4 Å². The van der Waals surface area contributed by atoms with E-state index in [9.17, 15) is 0 Å². The maximum Gasteiger partial charge on any atom is 0.0693 e. The van der Waals surface area contributed by atoms with Gasteiger partial charge in [0, 0.05) is 22.4 Å². The SMILES string of the molecule is Nc1ccc(Cl)c(SC2CCOC3(CCC3)C2)c1. The van der Waals surface area contributed by atoms with Crippen molar-refractivity contribution >= 4 is 29.1 Å². The topological polar surface area (TPSA) is 35.2 Å². The van der Waals surface area contributed by atoms with Crippen molar-refractivity contribution in [1.82, 2.24) is 0 Å². The van der Waals surface area contributed by atoms with Gasteiger partial charge in [-0.1, -0.05) is 11.6 Å². The third-order valence-corrected chi connectivity index (χ3v) is 5.73. The summed E-state index contributed by atoms with van der Waals surface area (Å²) in [7, 11) is 0. The summed E-state index contributed by atoms with van der Waals surface area (Å²) in [5, 5.41) is 1.42. The van der Waals surface area contributed by atoms with Crippen molar-refractivity contribution in [2.45, 2.75) is 47.9 Å². The maximum atomic E-state index is 6.23. The van der Waals surface area contributed by atoms with E-state index in [2.05, 4.69) is 0 Å². The van der Waals surface area contributed by atoms with Crippen LogP contribution in [0.15, 0.2) is 23.1 Å². The molecule has 2 aliphatic rings. The molecule has 1 aliphatic carbocycles. The summed E-state index contributed by atoms with van der Waals surface area (Å²) in [4.78, 5) is 1.11. The molecule has 0 amide bonds. The third kappa shape index (κ3) is 2.49. The number of anilines is 1. The van der Waals surface area contributed by atoms with Gasteiger partial charge in [-0.3, -0.25) is 0 Å². The molecule has 0 bridgehead atoms.